The highest BCUT2D eigenvalue weighted by Crippen LogP contribution is 2.35. The van der Waals surface area contributed by atoms with Crippen LogP contribution in [-0.2, 0) is 4.79 Å². The van der Waals surface area contributed by atoms with Crippen molar-refractivity contribution in [1.82, 2.24) is 14.6 Å². The molecule has 0 aliphatic carbocycles. The van der Waals surface area contributed by atoms with Crippen molar-refractivity contribution >= 4 is 39.1 Å². The average molecular weight is 447 g/mol. The molecule has 1 N–H and O–H groups in total. The van der Waals surface area contributed by atoms with E-state index in [-0.39, 0.29) is 23.8 Å². The molecule has 3 aromatic rings. The van der Waals surface area contributed by atoms with Gasteiger partial charge in [-0.3, -0.25) is 9.59 Å². The van der Waals surface area contributed by atoms with Crippen LogP contribution in [0.15, 0.2) is 48.5 Å². The lowest BCUT2D eigenvalue weighted by molar-refractivity contribution is -0.117. The van der Waals surface area contributed by atoms with Crippen LogP contribution in [0.3, 0.4) is 0 Å². The summed E-state index contributed by atoms with van der Waals surface area (Å²) < 4.78 is 5.43. The van der Waals surface area contributed by atoms with Crippen molar-refractivity contribution < 1.29 is 9.59 Å². The fourth-order valence-electron chi connectivity index (χ4n) is 5.53. The van der Waals surface area contributed by atoms with Gasteiger partial charge in [-0.1, -0.05) is 30.3 Å². The second-order valence-electron chi connectivity index (χ2n) is 9.25. The molecule has 0 saturated carbocycles. The molecular formula is C25H26N4O2S. The smallest absolute Gasteiger partial charge is 0.271 e. The minimum atomic E-state index is -0.0795. The van der Waals surface area contributed by atoms with E-state index in [0.29, 0.717) is 24.6 Å². The number of amides is 2. The van der Waals surface area contributed by atoms with Crippen molar-refractivity contribution in [3.63, 3.8) is 0 Å². The number of aromatic nitrogens is 1. The maximum Gasteiger partial charge on any atom is 0.271 e. The quantitative estimate of drug-likeness (QED) is 0.665. The zero-order chi connectivity index (χ0) is 21.7. The summed E-state index contributed by atoms with van der Waals surface area (Å²) >= 11 is 1.33. The second kappa shape index (κ2) is 7.98. The molecule has 6 nitrogen and oxygen atoms in total. The van der Waals surface area contributed by atoms with E-state index in [1.54, 1.807) is 0 Å². The third-order valence-electron chi connectivity index (χ3n) is 7.35. The van der Waals surface area contributed by atoms with Gasteiger partial charge in [-0.05, 0) is 67.1 Å². The molecule has 0 radical (unpaired) electrons. The van der Waals surface area contributed by atoms with Crippen molar-refractivity contribution in [2.24, 2.45) is 5.92 Å². The second-order valence-corrected chi connectivity index (χ2v) is 10.1. The molecule has 2 bridgehead atoms. The van der Waals surface area contributed by atoms with Gasteiger partial charge in [-0.25, -0.2) is 0 Å². The Kier molecular flexibility index (Phi) is 4.96. The third kappa shape index (κ3) is 3.49. The molecule has 2 atom stereocenters. The Morgan fingerprint density at radius 1 is 1.06 bits per heavy atom. The lowest BCUT2D eigenvalue weighted by Gasteiger charge is -2.44. The van der Waals surface area contributed by atoms with E-state index < -0.39 is 0 Å². The van der Waals surface area contributed by atoms with E-state index in [9.17, 15) is 9.59 Å². The first-order valence-corrected chi connectivity index (χ1v) is 12.2. The van der Waals surface area contributed by atoms with Gasteiger partial charge >= 0.3 is 0 Å². The molecule has 1 aromatic heterocycles. The first-order valence-electron chi connectivity index (χ1n) is 11.4. The Morgan fingerprint density at radius 2 is 1.88 bits per heavy atom. The van der Waals surface area contributed by atoms with Crippen molar-refractivity contribution in [2.75, 3.05) is 31.1 Å². The molecule has 1 unspecified atom stereocenters. The minimum absolute atomic E-state index is 0.0795. The first kappa shape index (κ1) is 19.9. The van der Waals surface area contributed by atoms with Crippen LogP contribution in [0, 0.1) is 5.92 Å². The van der Waals surface area contributed by atoms with Crippen molar-refractivity contribution in [2.45, 2.75) is 31.2 Å². The zero-order valence-corrected chi connectivity index (χ0v) is 18.7. The van der Waals surface area contributed by atoms with Crippen LogP contribution >= 0.6 is 11.5 Å². The van der Waals surface area contributed by atoms with E-state index in [2.05, 4.69) is 26.7 Å². The molecular weight excluding hydrogens is 420 g/mol. The van der Waals surface area contributed by atoms with Crippen LogP contribution < -0.4 is 10.2 Å². The molecule has 0 spiro atoms. The Labute approximate surface area is 191 Å². The van der Waals surface area contributed by atoms with Gasteiger partial charge in [0.25, 0.3) is 5.91 Å². The predicted octanol–water partition coefficient (Wildman–Crippen LogP) is 3.64. The summed E-state index contributed by atoms with van der Waals surface area (Å²) in [5.74, 6) is 0.857. The van der Waals surface area contributed by atoms with Gasteiger partial charge in [0, 0.05) is 42.5 Å². The van der Waals surface area contributed by atoms with Crippen molar-refractivity contribution in [3.8, 4) is 0 Å². The van der Waals surface area contributed by atoms with Crippen molar-refractivity contribution in [3.05, 3.63) is 59.8 Å². The van der Waals surface area contributed by atoms with Crippen LogP contribution in [0.1, 0.15) is 41.2 Å². The number of nitrogens with one attached hydrogen (secondary N) is 1. The van der Waals surface area contributed by atoms with Crippen LogP contribution in [-0.4, -0.2) is 53.3 Å². The molecule has 4 fully saturated rings. The number of nitrogens with zero attached hydrogens (tertiary/aromatic N) is 3. The number of piperidine rings is 3. The highest BCUT2D eigenvalue weighted by Gasteiger charge is 2.36. The maximum atomic E-state index is 13.0. The Balaban J connectivity index is 1.20. The summed E-state index contributed by atoms with van der Waals surface area (Å²) in [7, 11) is 0. The third-order valence-corrected chi connectivity index (χ3v) is 8.16. The van der Waals surface area contributed by atoms with E-state index in [0.717, 1.165) is 35.4 Å². The number of hydrogen-bond acceptors (Lipinski definition) is 5. The molecule has 4 aliphatic heterocycles. The average Bonchev–Trinajstić information content (AvgIpc) is 3.43. The molecule has 32 heavy (non-hydrogen) atoms. The van der Waals surface area contributed by atoms with E-state index in [1.165, 1.54) is 29.9 Å². The molecule has 7 rings (SSSR count). The van der Waals surface area contributed by atoms with E-state index in [1.807, 2.05) is 41.3 Å². The molecule has 2 aromatic carbocycles. The van der Waals surface area contributed by atoms with Gasteiger partial charge in [0.05, 0.1) is 4.70 Å². The topological polar surface area (TPSA) is 65.5 Å². The van der Waals surface area contributed by atoms with Crippen LogP contribution in [0.2, 0.25) is 0 Å². The van der Waals surface area contributed by atoms with Crippen LogP contribution in [0.25, 0.3) is 10.1 Å². The number of fused-ring (bicyclic) bond motifs is 4. The molecule has 164 valence electrons. The van der Waals surface area contributed by atoms with Gasteiger partial charge in [-0.2, -0.15) is 4.37 Å². The van der Waals surface area contributed by atoms with Gasteiger partial charge in [-0.15, -0.1) is 0 Å². The summed E-state index contributed by atoms with van der Waals surface area (Å²) in [5, 5.41) is 4.11. The number of hydrogen-bond donors (Lipinski definition) is 1. The first-order chi connectivity index (χ1) is 15.7. The van der Waals surface area contributed by atoms with E-state index >= 15 is 0 Å². The summed E-state index contributed by atoms with van der Waals surface area (Å²) in [4.78, 5) is 30.0. The van der Waals surface area contributed by atoms with Crippen molar-refractivity contribution in [1.29, 1.82) is 0 Å². The normalized spacial score (nSPS) is 27.2. The number of anilines is 1. The number of carbonyl (C=O) groups is 2. The summed E-state index contributed by atoms with van der Waals surface area (Å²) in [6, 6.07) is 16.3. The molecule has 5 heterocycles. The van der Waals surface area contributed by atoms with Crippen LogP contribution in [0.5, 0.6) is 0 Å². The molecule has 4 saturated heterocycles. The number of carbonyl (C=O) groups excluding carboxylic acids is 2. The molecule has 4 aliphatic rings. The Hall–Kier alpha value is -2.77. The standard InChI is InChI=1S/C25H26N4O2S/c30-23-12-18(16-4-2-1-3-5-16)14-29(23)19-6-7-20-22(13-19)32-27-24(20)25(31)26-21-15-28-10-8-17(21)9-11-28/h1-7,13,17-18,21H,8-12,14-15H2,(H,26,31)/t18?,21-/m1/s1. The number of rotatable bonds is 4. The summed E-state index contributed by atoms with van der Waals surface area (Å²) in [6.07, 6.45) is 2.86. The fraction of sp³-hybridized carbons (Fsp3) is 0.400. The Morgan fingerprint density at radius 3 is 2.62 bits per heavy atom. The minimum Gasteiger partial charge on any atom is -0.346 e. The Bertz CT molecular complexity index is 1170. The van der Waals surface area contributed by atoms with E-state index in [4.69, 9.17) is 0 Å². The monoisotopic (exact) mass is 446 g/mol. The lowest BCUT2D eigenvalue weighted by Crippen LogP contribution is -2.57. The molecule has 2 amide bonds. The SMILES string of the molecule is O=C(N[C@@H]1CN2CCC1CC2)c1nsc2cc(N3CC(c4ccccc4)CC3=O)ccc12. The maximum absolute atomic E-state index is 13.0. The fourth-order valence-corrected chi connectivity index (χ4v) is 6.34. The summed E-state index contributed by atoms with van der Waals surface area (Å²) in [5.41, 5.74) is 2.59. The zero-order valence-electron chi connectivity index (χ0n) is 17.9. The molecule has 7 heteroatoms. The lowest BCUT2D eigenvalue weighted by atomic mass is 9.84. The van der Waals surface area contributed by atoms with Gasteiger partial charge in [0.1, 0.15) is 5.69 Å². The van der Waals surface area contributed by atoms with Gasteiger partial charge in [0.15, 0.2) is 0 Å². The highest BCUT2D eigenvalue weighted by atomic mass is 32.1. The summed E-state index contributed by atoms with van der Waals surface area (Å²) in [6.45, 7) is 3.93. The highest BCUT2D eigenvalue weighted by molar-refractivity contribution is 7.13. The van der Waals surface area contributed by atoms with Gasteiger partial charge in [0.2, 0.25) is 5.91 Å². The van der Waals surface area contributed by atoms with Gasteiger partial charge < -0.3 is 15.1 Å². The predicted molar refractivity (Wildman–Crippen MR) is 126 cm³/mol. The number of benzene rings is 2. The van der Waals surface area contributed by atoms with Crippen LogP contribution in [0.4, 0.5) is 5.69 Å². The largest absolute Gasteiger partial charge is 0.346 e.